The maximum Gasteiger partial charge on any atom is 0.255 e. The minimum Gasteiger partial charge on any atom is -0.382 e. The first-order chi connectivity index (χ1) is 14.1. The molecule has 0 bridgehead atoms. The maximum atomic E-state index is 7.51. The van der Waals surface area contributed by atoms with Crippen LogP contribution >= 0.6 is 0 Å². The van der Waals surface area contributed by atoms with E-state index in [9.17, 15) is 0 Å². The van der Waals surface area contributed by atoms with Crippen molar-refractivity contribution in [2.24, 2.45) is 10.2 Å². The molecule has 3 aromatic heterocycles. The third-order valence-corrected chi connectivity index (χ3v) is 4.29. The minimum atomic E-state index is 0.316. The van der Waals surface area contributed by atoms with Gasteiger partial charge in [-0.05, 0) is 38.1 Å². The number of hydrogen-bond donors (Lipinski definition) is 1. The van der Waals surface area contributed by atoms with Gasteiger partial charge >= 0.3 is 0 Å². The summed E-state index contributed by atoms with van der Waals surface area (Å²) in [5.74, 6) is 1.24. The zero-order valence-corrected chi connectivity index (χ0v) is 15.9. The van der Waals surface area contributed by atoms with Crippen LogP contribution in [0.2, 0.25) is 0 Å². The van der Waals surface area contributed by atoms with Crippen molar-refractivity contribution in [1.29, 1.82) is 0 Å². The molecule has 9 heteroatoms. The van der Waals surface area contributed by atoms with Crippen molar-refractivity contribution in [1.82, 2.24) is 24.5 Å². The minimum absolute atomic E-state index is 0.316. The quantitative estimate of drug-likeness (QED) is 0.410. The standard InChI is InChI=1S/C20H17N9/c1-13-17(19(21)29(27-13)16-11-7-8-12-23-16)24-25-20-18(22-3)14(2)26-28(20)15-9-5-4-6-10-15/h4-12H,21H2,1-2H3. The second-order valence-corrected chi connectivity index (χ2v) is 6.24. The molecule has 0 aliphatic carbocycles. The Morgan fingerprint density at radius 3 is 2.34 bits per heavy atom. The van der Waals surface area contributed by atoms with E-state index in [0.29, 0.717) is 40.2 Å². The molecule has 29 heavy (non-hydrogen) atoms. The number of azo groups is 1. The lowest BCUT2D eigenvalue weighted by Gasteiger charge is -2.03. The van der Waals surface area contributed by atoms with E-state index in [0.717, 1.165) is 5.69 Å². The number of pyridine rings is 1. The molecule has 1 aromatic carbocycles. The molecule has 142 valence electrons. The van der Waals surface area contributed by atoms with E-state index in [4.69, 9.17) is 12.3 Å². The molecule has 4 aromatic rings. The lowest BCUT2D eigenvalue weighted by molar-refractivity contribution is 0.841. The summed E-state index contributed by atoms with van der Waals surface area (Å²) >= 11 is 0. The molecule has 4 rings (SSSR count). The van der Waals surface area contributed by atoms with E-state index in [-0.39, 0.29) is 0 Å². The lowest BCUT2D eigenvalue weighted by Crippen LogP contribution is -2.03. The predicted octanol–water partition coefficient (Wildman–Crippen LogP) is 4.62. The average molecular weight is 383 g/mol. The number of para-hydroxylation sites is 1. The molecule has 9 nitrogen and oxygen atoms in total. The van der Waals surface area contributed by atoms with Crippen LogP contribution in [-0.2, 0) is 0 Å². The van der Waals surface area contributed by atoms with Crippen LogP contribution in [0.25, 0.3) is 16.4 Å². The fraction of sp³-hybridized carbons (Fsp3) is 0.100. The number of benzene rings is 1. The van der Waals surface area contributed by atoms with Gasteiger partial charge in [-0.25, -0.2) is 14.5 Å². The molecule has 0 radical (unpaired) electrons. The second-order valence-electron chi connectivity index (χ2n) is 6.24. The zero-order valence-electron chi connectivity index (χ0n) is 15.9. The number of rotatable bonds is 4. The van der Waals surface area contributed by atoms with Crippen LogP contribution < -0.4 is 5.73 Å². The zero-order chi connectivity index (χ0) is 20.4. The van der Waals surface area contributed by atoms with Crippen LogP contribution in [0.3, 0.4) is 0 Å². The van der Waals surface area contributed by atoms with Gasteiger partial charge in [-0.1, -0.05) is 24.3 Å². The Hall–Kier alpha value is -4.32. The van der Waals surface area contributed by atoms with Gasteiger partial charge in [0.05, 0.1) is 23.6 Å². The average Bonchev–Trinajstić information content (AvgIpc) is 3.23. The Morgan fingerprint density at radius 1 is 0.931 bits per heavy atom. The molecular weight excluding hydrogens is 366 g/mol. The highest BCUT2D eigenvalue weighted by Gasteiger charge is 2.18. The third kappa shape index (κ3) is 3.23. The van der Waals surface area contributed by atoms with Gasteiger partial charge < -0.3 is 5.73 Å². The maximum absolute atomic E-state index is 7.51. The van der Waals surface area contributed by atoms with Crippen molar-refractivity contribution in [2.75, 3.05) is 5.73 Å². The van der Waals surface area contributed by atoms with Crippen LogP contribution in [0, 0.1) is 20.4 Å². The Kier molecular flexibility index (Phi) is 4.58. The van der Waals surface area contributed by atoms with Gasteiger partial charge in [-0.2, -0.15) is 14.9 Å². The van der Waals surface area contributed by atoms with E-state index in [1.807, 2.05) is 42.5 Å². The number of hydrogen-bond acceptors (Lipinski definition) is 6. The van der Waals surface area contributed by atoms with Gasteiger partial charge in [-0.3, -0.25) is 0 Å². The monoisotopic (exact) mass is 383 g/mol. The molecule has 3 heterocycles. The molecule has 0 saturated carbocycles. The molecule has 0 aliphatic heterocycles. The molecule has 0 aliphatic rings. The van der Waals surface area contributed by atoms with Gasteiger partial charge in [0, 0.05) is 6.20 Å². The van der Waals surface area contributed by atoms with Gasteiger partial charge in [0.15, 0.2) is 23.1 Å². The highest BCUT2D eigenvalue weighted by molar-refractivity contribution is 5.69. The first kappa shape index (κ1) is 18.1. The van der Waals surface area contributed by atoms with Crippen molar-refractivity contribution in [3.05, 3.63) is 77.5 Å². The topological polar surface area (TPSA) is 104 Å². The third-order valence-electron chi connectivity index (χ3n) is 4.29. The van der Waals surface area contributed by atoms with Crippen LogP contribution in [0.15, 0.2) is 65.0 Å². The molecule has 0 unspecified atom stereocenters. The van der Waals surface area contributed by atoms with E-state index >= 15 is 0 Å². The van der Waals surface area contributed by atoms with Crippen molar-refractivity contribution < 1.29 is 0 Å². The van der Waals surface area contributed by atoms with E-state index in [1.54, 1.807) is 30.8 Å². The summed E-state index contributed by atoms with van der Waals surface area (Å²) in [6.07, 6.45) is 1.66. The summed E-state index contributed by atoms with van der Waals surface area (Å²) in [6, 6.07) is 14.9. The normalized spacial score (nSPS) is 11.1. The number of anilines is 1. The SMILES string of the molecule is [C-]#[N+]c1c(C)nn(-c2ccccc2)c1N=Nc1c(C)nn(-c2ccccn2)c1N. The summed E-state index contributed by atoms with van der Waals surface area (Å²) in [4.78, 5) is 7.84. The fourth-order valence-electron chi connectivity index (χ4n) is 2.89. The van der Waals surface area contributed by atoms with Crippen molar-refractivity contribution in [3.63, 3.8) is 0 Å². The van der Waals surface area contributed by atoms with E-state index in [1.165, 1.54) is 4.68 Å². The second kappa shape index (κ2) is 7.36. The van der Waals surface area contributed by atoms with E-state index < -0.39 is 0 Å². The van der Waals surface area contributed by atoms with Gasteiger partial charge in [0.1, 0.15) is 0 Å². The van der Waals surface area contributed by atoms with Gasteiger partial charge in [0.25, 0.3) is 5.69 Å². The first-order valence-electron chi connectivity index (χ1n) is 8.81. The first-order valence-corrected chi connectivity index (χ1v) is 8.81. The van der Waals surface area contributed by atoms with Crippen LogP contribution in [0.4, 0.5) is 23.0 Å². The summed E-state index contributed by atoms with van der Waals surface area (Å²) in [6.45, 7) is 11.1. The Morgan fingerprint density at radius 2 is 1.66 bits per heavy atom. The molecule has 0 amide bonds. The van der Waals surface area contributed by atoms with Crippen molar-refractivity contribution in [2.45, 2.75) is 13.8 Å². The lowest BCUT2D eigenvalue weighted by atomic mass is 10.3. The van der Waals surface area contributed by atoms with Crippen LogP contribution in [0.1, 0.15) is 11.4 Å². The molecule has 0 saturated heterocycles. The Labute approximate surface area is 167 Å². The number of aromatic nitrogens is 5. The van der Waals surface area contributed by atoms with Crippen molar-refractivity contribution >= 4 is 23.0 Å². The fourth-order valence-corrected chi connectivity index (χ4v) is 2.89. The number of nitrogen functional groups attached to an aromatic ring is 1. The van der Waals surface area contributed by atoms with Gasteiger partial charge in [-0.15, -0.1) is 10.2 Å². The predicted molar refractivity (Wildman–Crippen MR) is 109 cm³/mol. The molecular formula is C20H17N9. The van der Waals surface area contributed by atoms with Crippen molar-refractivity contribution in [3.8, 4) is 11.5 Å². The van der Waals surface area contributed by atoms with Crippen LogP contribution in [-0.4, -0.2) is 24.5 Å². The summed E-state index contributed by atoms with van der Waals surface area (Å²) < 4.78 is 3.11. The van der Waals surface area contributed by atoms with E-state index in [2.05, 4.69) is 30.3 Å². The Balaban J connectivity index is 1.80. The summed E-state index contributed by atoms with van der Waals surface area (Å²) in [7, 11) is 0. The highest BCUT2D eigenvalue weighted by Crippen LogP contribution is 2.36. The summed E-state index contributed by atoms with van der Waals surface area (Å²) in [5, 5.41) is 17.5. The van der Waals surface area contributed by atoms with Crippen LogP contribution in [0.5, 0.6) is 0 Å². The number of nitrogens with zero attached hydrogens (tertiary/aromatic N) is 8. The molecule has 0 spiro atoms. The highest BCUT2D eigenvalue weighted by atomic mass is 15.4. The number of aryl methyl sites for hydroxylation is 2. The largest absolute Gasteiger partial charge is 0.382 e. The Bertz CT molecular complexity index is 1230. The molecule has 0 atom stereocenters. The smallest absolute Gasteiger partial charge is 0.255 e. The molecule has 0 fully saturated rings. The number of nitrogens with two attached hydrogens (primary N) is 1. The van der Waals surface area contributed by atoms with Gasteiger partial charge in [0.2, 0.25) is 0 Å². The molecule has 2 N–H and O–H groups in total. The summed E-state index contributed by atoms with van der Waals surface area (Å²) in [5.41, 5.74) is 8.97.